The molecule has 1 aromatic rings. The van der Waals surface area contributed by atoms with Gasteiger partial charge in [0.1, 0.15) is 4.90 Å². The normalized spacial score (nSPS) is 11.4. The first-order chi connectivity index (χ1) is 9.81. The summed E-state index contributed by atoms with van der Waals surface area (Å²) >= 11 is 5.80. The predicted octanol–water partition coefficient (Wildman–Crippen LogP) is 1.49. The average molecular weight is 335 g/mol. The van der Waals surface area contributed by atoms with Gasteiger partial charge in [0.25, 0.3) is 5.91 Å². The number of sulfonamides is 1. The Bertz CT molecular complexity index is 604. The van der Waals surface area contributed by atoms with Crippen LogP contribution in [0.4, 0.5) is 0 Å². The number of halogens is 1. The molecule has 8 heteroatoms. The Hall–Kier alpha value is -1.15. The highest BCUT2D eigenvalue weighted by Gasteiger charge is 2.19. The lowest BCUT2D eigenvalue weighted by atomic mass is 10.2. The van der Waals surface area contributed by atoms with E-state index < -0.39 is 10.0 Å². The number of rotatable bonds is 7. The van der Waals surface area contributed by atoms with Crippen LogP contribution in [-0.2, 0) is 14.8 Å². The average Bonchev–Trinajstić information content (AvgIpc) is 2.42. The molecular formula is C13H19ClN2O4S. The van der Waals surface area contributed by atoms with Crippen molar-refractivity contribution >= 4 is 27.5 Å². The van der Waals surface area contributed by atoms with E-state index in [4.69, 9.17) is 21.5 Å². The van der Waals surface area contributed by atoms with Crippen molar-refractivity contribution in [3.8, 4) is 0 Å². The number of nitrogens with zero attached hydrogens (tertiary/aromatic N) is 1. The maximum Gasteiger partial charge on any atom is 0.253 e. The molecule has 0 radical (unpaired) electrons. The van der Waals surface area contributed by atoms with Gasteiger partial charge in [0.2, 0.25) is 10.0 Å². The highest BCUT2D eigenvalue weighted by Crippen LogP contribution is 2.22. The van der Waals surface area contributed by atoms with Gasteiger partial charge in [-0.3, -0.25) is 4.79 Å². The molecule has 0 aliphatic heterocycles. The minimum absolute atomic E-state index is 0.00795. The Labute approximate surface area is 129 Å². The number of hydrogen-bond donors (Lipinski definition) is 1. The third-order valence-electron chi connectivity index (χ3n) is 2.86. The molecule has 0 heterocycles. The van der Waals surface area contributed by atoms with Crippen LogP contribution in [0.5, 0.6) is 0 Å². The van der Waals surface area contributed by atoms with Gasteiger partial charge in [0, 0.05) is 25.3 Å². The number of amides is 1. The van der Waals surface area contributed by atoms with Crippen molar-refractivity contribution in [3.05, 3.63) is 28.8 Å². The maximum absolute atomic E-state index is 12.4. The van der Waals surface area contributed by atoms with Crippen LogP contribution in [0.1, 0.15) is 24.2 Å². The molecule has 0 aliphatic rings. The molecule has 0 bridgehead atoms. The molecule has 1 aromatic carbocycles. The van der Waals surface area contributed by atoms with Crippen LogP contribution < -0.4 is 5.14 Å². The highest BCUT2D eigenvalue weighted by atomic mass is 35.5. The summed E-state index contributed by atoms with van der Waals surface area (Å²) in [6.07, 6.45) is 0. The molecule has 0 unspecified atom stereocenters. The molecule has 0 saturated heterocycles. The molecule has 0 fully saturated rings. The van der Waals surface area contributed by atoms with Crippen molar-refractivity contribution in [2.24, 2.45) is 5.14 Å². The Kier molecular flexibility index (Phi) is 6.60. The number of likely N-dealkylation sites (N-methyl/N-ethyl adjacent to an activating group) is 1. The van der Waals surface area contributed by atoms with Crippen molar-refractivity contribution in [1.82, 2.24) is 4.90 Å². The minimum Gasteiger partial charge on any atom is -0.380 e. The van der Waals surface area contributed by atoms with Crippen LogP contribution in [0.25, 0.3) is 0 Å². The highest BCUT2D eigenvalue weighted by molar-refractivity contribution is 7.89. The van der Waals surface area contributed by atoms with Crippen LogP contribution in [0.3, 0.4) is 0 Å². The molecule has 21 heavy (non-hydrogen) atoms. The van der Waals surface area contributed by atoms with E-state index in [1.165, 1.54) is 18.2 Å². The number of carbonyl (C=O) groups excluding carboxylic acids is 1. The SMILES string of the molecule is CCOCCN(CC)C(=O)c1ccc(Cl)c(S(N)(=O)=O)c1. The van der Waals surface area contributed by atoms with Gasteiger partial charge in [0.05, 0.1) is 11.6 Å². The predicted molar refractivity (Wildman–Crippen MR) is 80.9 cm³/mol. The second-order valence-electron chi connectivity index (χ2n) is 4.27. The van der Waals surface area contributed by atoms with Crippen LogP contribution in [0, 0.1) is 0 Å². The summed E-state index contributed by atoms with van der Waals surface area (Å²) in [6.45, 7) is 5.61. The number of carbonyl (C=O) groups is 1. The third kappa shape index (κ3) is 4.96. The van der Waals surface area contributed by atoms with Crippen LogP contribution in [0.15, 0.2) is 23.1 Å². The zero-order valence-corrected chi connectivity index (χ0v) is 13.6. The fourth-order valence-electron chi connectivity index (χ4n) is 1.76. The van der Waals surface area contributed by atoms with Crippen molar-refractivity contribution in [2.75, 3.05) is 26.3 Å². The van der Waals surface area contributed by atoms with Crippen molar-refractivity contribution < 1.29 is 17.9 Å². The fraction of sp³-hybridized carbons (Fsp3) is 0.462. The molecule has 0 aliphatic carbocycles. The molecule has 1 amide bonds. The second kappa shape index (κ2) is 7.74. The summed E-state index contributed by atoms with van der Waals surface area (Å²) in [5.74, 6) is -0.293. The first kappa shape index (κ1) is 17.9. The van der Waals surface area contributed by atoms with Crippen molar-refractivity contribution in [3.63, 3.8) is 0 Å². The number of primary sulfonamides is 1. The third-order valence-corrected chi connectivity index (χ3v) is 4.26. The molecular weight excluding hydrogens is 316 g/mol. The smallest absolute Gasteiger partial charge is 0.253 e. The van der Waals surface area contributed by atoms with Gasteiger partial charge in [-0.1, -0.05) is 11.6 Å². The number of nitrogens with two attached hydrogens (primary N) is 1. The zero-order chi connectivity index (χ0) is 16.0. The maximum atomic E-state index is 12.4. The van der Waals surface area contributed by atoms with Gasteiger partial charge in [-0.25, -0.2) is 13.6 Å². The first-order valence-corrected chi connectivity index (χ1v) is 8.43. The number of benzene rings is 1. The molecule has 6 nitrogen and oxygen atoms in total. The van der Waals surface area contributed by atoms with Crippen LogP contribution >= 0.6 is 11.6 Å². The van der Waals surface area contributed by atoms with Crippen LogP contribution in [0.2, 0.25) is 5.02 Å². The van der Waals surface area contributed by atoms with E-state index in [-0.39, 0.29) is 21.4 Å². The molecule has 1 rings (SSSR count). The second-order valence-corrected chi connectivity index (χ2v) is 6.21. The first-order valence-electron chi connectivity index (χ1n) is 6.50. The quantitative estimate of drug-likeness (QED) is 0.765. The van der Waals surface area contributed by atoms with E-state index in [0.717, 1.165) is 0 Å². The Morgan fingerprint density at radius 1 is 1.38 bits per heavy atom. The Morgan fingerprint density at radius 2 is 2.05 bits per heavy atom. The Balaban J connectivity index is 3.01. The summed E-state index contributed by atoms with van der Waals surface area (Å²) in [6, 6.07) is 4.02. The van der Waals surface area contributed by atoms with E-state index >= 15 is 0 Å². The largest absolute Gasteiger partial charge is 0.380 e. The van der Waals surface area contributed by atoms with Gasteiger partial charge in [-0.2, -0.15) is 0 Å². The number of ether oxygens (including phenoxy) is 1. The van der Waals surface area contributed by atoms with Gasteiger partial charge in [-0.15, -0.1) is 0 Å². The van der Waals surface area contributed by atoms with Gasteiger partial charge >= 0.3 is 0 Å². The van der Waals surface area contributed by atoms with Crippen LogP contribution in [-0.4, -0.2) is 45.5 Å². The fourth-order valence-corrected chi connectivity index (χ4v) is 2.83. The minimum atomic E-state index is -3.97. The van der Waals surface area contributed by atoms with E-state index in [0.29, 0.717) is 26.3 Å². The van der Waals surface area contributed by atoms with Gasteiger partial charge in [-0.05, 0) is 32.0 Å². The molecule has 118 valence electrons. The molecule has 0 aromatic heterocycles. The monoisotopic (exact) mass is 334 g/mol. The van der Waals surface area contributed by atoms with E-state index in [1.54, 1.807) is 4.90 Å². The van der Waals surface area contributed by atoms with Crippen molar-refractivity contribution in [1.29, 1.82) is 0 Å². The molecule has 0 atom stereocenters. The topological polar surface area (TPSA) is 89.7 Å². The molecule has 2 N–H and O–H groups in total. The lowest BCUT2D eigenvalue weighted by Gasteiger charge is -2.21. The molecule has 0 spiro atoms. The summed E-state index contributed by atoms with van der Waals surface area (Å²) in [5.41, 5.74) is 0.224. The van der Waals surface area contributed by atoms with E-state index in [2.05, 4.69) is 0 Å². The summed E-state index contributed by atoms with van der Waals surface area (Å²) in [7, 11) is -3.97. The summed E-state index contributed by atoms with van der Waals surface area (Å²) in [4.78, 5) is 13.7. The lowest BCUT2D eigenvalue weighted by molar-refractivity contribution is 0.0669. The van der Waals surface area contributed by atoms with Gasteiger partial charge in [0.15, 0.2) is 0 Å². The Morgan fingerprint density at radius 3 is 2.57 bits per heavy atom. The lowest BCUT2D eigenvalue weighted by Crippen LogP contribution is -2.34. The van der Waals surface area contributed by atoms with Crippen molar-refractivity contribution in [2.45, 2.75) is 18.7 Å². The zero-order valence-electron chi connectivity index (χ0n) is 12.0. The number of hydrogen-bond acceptors (Lipinski definition) is 4. The summed E-state index contributed by atoms with van der Waals surface area (Å²) < 4.78 is 28.1. The van der Waals surface area contributed by atoms with E-state index in [1.807, 2.05) is 13.8 Å². The van der Waals surface area contributed by atoms with Gasteiger partial charge < -0.3 is 9.64 Å². The van der Waals surface area contributed by atoms with E-state index in [9.17, 15) is 13.2 Å². The standard InChI is InChI=1S/C13H19ClN2O4S/c1-3-16(7-8-20-4-2)13(17)10-5-6-11(14)12(9-10)21(15,18)19/h5-6,9H,3-4,7-8H2,1-2H3,(H2,15,18,19). The molecule has 0 saturated carbocycles. The summed E-state index contributed by atoms with van der Waals surface area (Å²) in [5, 5.41) is 5.07.